The molecule has 2 aromatic rings. The van der Waals surface area contributed by atoms with Crippen molar-refractivity contribution in [3.05, 3.63) is 52.9 Å². The minimum absolute atomic E-state index is 0.0539. The minimum Gasteiger partial charge on any atom is -0.490 e. The summed E-state index contributed by atoms with van der Waals surface area (Å²) >= 11 is 0. The van der Waals surface area contributed by atoms with Gasteiger partial charge in [-0.3, -0.25) is 14.2 Å². The average Bonchev–Trinajstić information content (AvgIpc) is 2.68. The number of carbonyl (C=O) groups excluding carboxylic acids is 1. The molecule has 0 atom stereocenters. The molecule has 0 radical (unpaired) electrons. The fourth-order valence-corrected chi connectivity index (χ4v) is 3.01. The van der Waals surface area contributed by atoms with Gasteiger partial charge in [0.25, 0.3) is 5.56 Å². The third-order valence-electron chi connectivity index (χ3n) is 4.57. The summed E-state index contributed by atoms with van der Waals surface area (Å²) in [5.41, 5.74) is -0.0735. The summed E-state index contributed by atoms with van der Waals surface area (Å²) in [4.78, 5) is 35.6. The Balaban J connectivity index is 1.65. The fraction of sp³-hybridized carbons (Fsp3) is 0.316. The van der Waals surface area contributed by atoms with Crippen molar-refractivity contribution in [2.75, 3.05) is 18.4 Å². The average molecular weight is 425 g/mol. The van der Waals surface area contributed by atoms with Crippen LogP contribution in [-0.2, 0) is 4.79 Å². The van der Waals surface area contributed by atoms with E-state index in [9.17, 15) is 27.6 Å². The maximum atomic E-state index is 12.4. The molecule has 1 fully saturated rings. The van der Waals surface area contributed by atoms with Gasteiger partial charge < -0.3 is 20.1 Å². The van der Waals surface area contributed by atoms with Gasteiger partial charge in [-0.25, -0.2) is 4.79 Å². The summed E-state index contributed by atoms with van der Waals surface area (Å²) in [5.74, 6) is -1.73. The van der Waals surface area contributed by atoms with Gasteiger partial charge in [-0.1, -0.05) is 0 Å². The first-order valence-corrected chi connectivity index (χ1v) is 8.99. The lowest BCUT2D eigenvalue weighted by Crippen LogP contribution is -2.41. The largest absolute Gasteiger partial charge is 0.490 e. The van der Waals surface area contributed by atoms with Crippen molar-refractivity contribution in [1.29, 1.82) is 0 Å². The number of benzene rings is 1. The van der Waals surface area contributed by atoms with Crippen LogP contribution in [0, 0.1) is 0 Å². The lowest BCUT2D eigenvalue weighted by atomic mass is 10.1. The molecule has 2 heterocycles. The van der Waals surface area contributed by atoms with Crippen molar-refractivity contribution >= 4 is 17.7 Å². The van der Waals surface area contributed by atoms with E-state index in [1.807, 2.05) is 0 Å². The van der Waals surface area contributed by atoms with E-state index in [1.54, 1.807) is 11.4 Å². The second-order valence-electron chi connectivity index (χ2n) is 6.66. The van der Waals surface area contributed by atoms with Crippen LogP contribution in [0.3, 0.4) is 0 Å². The Labute approximate surface area is 168 Å². The Kier molecular flexibility index (Phi) is 5.99. The normalized spacial score (nSPS) is 15.0. The maximum Gasteiger partial charge on any atom is 0.471 e. The number of piperidine rings is 1. The molecule has 0 spiro atoms. The molecule has 8 nitrogen and oxygen atoms in total. The Hall–Kier alpha value is -3.50. The lowest BCUT2D eigenvalue weighted by molar-refractivity contribution is -0.167. The number of carbonyl (C=O) groups is 2. The van der Waals surface area contributed by atoms with Crippen LogP contribution in [0.1, 0.15) is 12.8 Å². The fourth-order valence-electron chi connectivity index (χ4n) is 3.01. The number of hydrogen-bond donors (Lipinski definition) is 2. The van der Waals surface area contributed by atoms with Gasteiger partial charge in [-0.2, -0.15) is 13.2 Å². The van der Waals surface area contributed by atoms with Crippen LogP contribution >= 0.6 is 0 Å². The molecule has 0 unspecified atom stereocenters. The maximum absolute atomic E-state index is 12.4. The predicted molar refractivity (Wildman–Crippen MR) is 100.0 cm³/mol. The monoisotopic (exact) mass is 425 g/mol. The lowest BCUT2D eigenvalue weighted by Gasteiger charge is -2.30. The summed E-state index contributed by atoms with van der Waals surface area (Å²) in [6, 6.07) is 8.16. The van der Waals surface area contributed by atoms with E-state index < -0.39 is 23.7 Å². The van der Waals surface area contributed by atoms with Gasteiger partial charge in [-0.05, 0) is 30.3 Å². The van der Waals surface area contributed by atoms with Gasteiger partial charge in [0.2, 0.25) is 0 Å². The van der Waals surface area contributed by atoms with Gasteiger partial charge >= 0.3 is 18.2 Å². The standard InChI is InChI=1S/C19H18F3N3O5/c20-19(21,22)17(27)23-12-1-3-13(4-2-12)25-10-7-15(11-16(25)26)30-14-5-8-24(9-6-14)18(28)29/h1-4,7,10-11,14H,5-6,8-9H2,(H,23,27)(H,28,29). The molecule has 1 aliphatic rings. The van der Waals surface area contributed by atoms with Crippen LogP contribution in [-0.4, -0.2) is 51.9 Å². The zero-order valence-corrected chi connectivity index (χ0v) is 15.6. The number of nitrogens with zero attached hydrogens (tertiary/aromatic N) is 2. The van der Waals surface area contributed by atoms with Crippen LogP contribution < -0.4 is 15.6 Å². The summed E-state index contributed by atoms with van der Waals surface area (Å²) in [7, 11) is 0. The van der Waals surface area contributed by atoms with Gasteiger partial charge in [-0.15, -0.1) is 0 Å². The van der Waals surface area contributed by atoms with Crippen LogP contribution in [0.2, 0.25) is 0 Å². The number of amides is 2. The number of likely N-dealkylation sites (tertiary alicyclic amines) is 1. The number of pyridine rings is 1. The molecule has 3 rings (SSSR count). The molecule has 0 bridgehead atoms. The van der Waals surface area contributed by atoms with E-state index in [1.165, 1.54) is 46.0 Å². The van der Waals surface area contributed by atoms with E-state index in [2.05, 4.69) is 0 Å². The van der Waals surface area contributed by atoms with E-state index in [0.717, 1.165) is 0 Å². The smallest absolute Gasteiger partial charge is 0.471 e. The van der Waals surface area contributed by atoms with E-state index in [4.69, 9.17) is 9.84 Å². The second-order valence-corrected chi connectivity index (χ2v) is 6.66. The molecule has 160 valence electrons. The molecular weight excluding hydrogens is 407 g/mol. The van der Waals surface area contributed by atoms with E-state index >= 15 is 0 Å². The second kappa shape index (κ2) is 8.47. The van der Waals surface area contributed by atoms with Gasteiger partial charge in [0, 0.05) is 49.6 Å². The number of nitrogens with one attached hydrogen (secondary N) is 1. The molecular formula is C19H18F3N3O5. The summed E-state index contributed by atoms with van der Waals surface area (Å²) in [5, 5.41) is 10.7. The number of alkyl halides is 3. The van der Waals surface area contributed by atoms with Gasteiger partial charge in [0.15, 0.2) is 0 Å². The van der Waals surface area contributed by atoms with Crippen LogP contribution in [0.4, 0.5) is 23.7 Å². The molecule has 30 heavy (non-hydrogen) atoms. The third kappa shape index (κ3) is 5.10. The molecule has 11 heteroatoms. The quantitative estimate of drug-likeness (QED) is 0.785. The van der Waals surface area contributed by atoms with Crippen LogP contribution in [0.25, 0.3) is 5.69 Å². The highest BCUT2D eigenvalue weighted by atomic mass is 19.4. The number of carboxylic acid groups (broad SMARTS) is 1. The van der Waals surface area contributed by atoms with Crippen LogP contribution in [0.15, 0.2) is 47.4 Å². The minimum atomic E-state index is -4.99. The van der Waals surface area contributed by atoms with Gasteiger partial charge in [0.1, 0.15) is 11.9 Å². The summed E-state index contributed by atoms with van der Waals surface area (Å²) < 4.78 is 43.9. The first-order valence-electron chi connectivity index (χ1n) is 8.99. The molecule has 2 amide bonds. The van der Waals surface area contributed by atoms with Crippen molar-refractivity contribution < 1.29 is 32.6 Å². The Morgan fingerprint density at radius 2 is 1.73 bits per heavy atom. The zero-order chi connectivity index (χ0) is 21.9. The van der Waals surface area contributed by atoms with Crippen molar-refractivity contribution in [3.63, 3.8) is 0 Å². The van der Waals surface area contributed by atoms with Crippen molar-refractivity contribution in [2.24, 2.45) is 0 Å². The van der Waals surface area contributed by atoms with Crippen LogP contribution in [0.5, 0.6) is 5.75 Å². The molecule has 0 aliphatic carbocycles. The Morgan fingerprint density at radius 1 is 1.10 bits per heavy atom. The molecule has 1 saturated heterocycles. The highest BCUT2D eigenvalue weighted by Crippen LogP contribution is 2.21. The highest BCUT2D eigenvalue weighted by molar-refractivity contribution is 5.94. The first-order chi connectivity index (χ1) is 14.1. The van der Waals surface area contributed by atoms with E-state index in [-0.39, 0.29) is 11.8 Å². The number of aromatic nitrogens is 1. The molecule has 2 N–H and O–H groups in total. The number of anilines is 1. The summed E-state index contributed by atoms with van der Waals surface area (Å²) in [6.07, 6.45) is -3.67. The number of halogens is 3. The summed E-state index contributed by atoms with van der Waals surface area (Å²) in [6.45, 7) is 0.711. The van der Waals surface area contributed by atoms with Crippen molar-refractivity contribution in [3.8, 4) is 11.4 Å². The van der Waals surface area contributed by atoms with Crippen molar-refractivity contribution in [1.82, 2.24) is 9.47 Å². The number of hydrogen-bond acceptors (Lipinski definition) is 4. The SMILES string of the molecule is O=C(O)N1CCC(Oc2ccn(-c3ccc(NC(=O)C(F)(F)F)cc3)c(=O)c2)CC1. The van der Waals surface area contributed by atoms with Gasteiger partial charge in [0.05, 0.1) is 0 Å². The molecule has 1 aromatic heterocycles. The highest BCUT2D eigenvalue weighted by Gasteiger charge is 2.38. The Bertz CT molecular complexity index is 980. The topological polar surface area (TPSA) is 101 Å². The third-order valence-corrected chi connectivity index (χ3v) is 4.57. The molecule has 1 aromatic carbocycles. The number of rotatable bonds is 4. The molecule has 1 aliphatic heterocycles. The first kappa shape index (κ1) is 21.2. The predicted octanol–water partition coefficient (Wildman–Crippen LogP) is 2.86. The number of ether oxygens (including phenoxy) is 1. The molecule has 0 saturated carbocycles. The zero-order valence-electron chi connectivity index (χ0n) is 15.6. The van der Waals surface area contributed by atoms with Crippen molar-refractivity contribution in [2.45, 2.75) is 25.1 Å². The van der Waals surface area contributed by atoms with E-state index in [0.29, 0.717) is 37.4 Å². The Morgan fingerprint density at radius 3 is 2.27 bits per heavy atom.